The zero-order chi connectivity index (χ0) is 21.0. The van der Waals surface area contributed by atoms with Gasteiger partial charge in [0.1, 0.15) is 6.04 Å². The number of nitrogens with one attached hydrogen (secondary N) is 1. The molecule has 1 atom stereocenters. The first-order chi connectivity index (χ1) is 13.9. The lowest BCUT2D eigenvalue weighted by Gasteiger charge is -2.34. The standard InChI is InChI=1S/C20H19N3O6/c24-18(9-10-21-19(25)13-5-7-16(8-6-13)23(28)29)22-12-15-4-2-1-3-14(15)11-17(22)20(26)27/h1-8,17H,9-12H2,(H,21,25)(H,26,27). The molecule has 0 saturated heterocycles. The van der Waals surface area contributed by atoms with Crippen molar-refractivity contribution in [2.75, 3.05) is 6.54 Å². The molecular formula is C20H19N3O6. The van der Waals surface area contributed by atoms with Crippen molar-refractivity contribution in [3.8, 4) is 0 Å². The van der Waals surface area contributed by atoms with E-state index in [2.05, 4.69) is 5.32 Å². The summed E-state index contributed by atoms with van der Waals surface area (Å²) in [6, 6.07) is 11.6. The number of carboxylic acid groups (broad SMARTS) is 1. The molecule has 0 bridgehead atoms. The normalized spacial score (nSPS) is 15.3. The quantitative estimate of drug-likeness (QED) is 0.564. The summed E-state index contributed by atoms with van der Waals surface area (Å²) in [4.78, 5) is 47.7. The Balaban J connectivity index is 1.58. The van der Waals surface area contributed by atoms with Gasteiger partial charge < -0.3 is 15.3 Å². The molecule has 29 heavy (non-hydrogen) atoms. The van der Waals surface area contributed by atoms with Gasteiger partial charge in [-0.2, -0.15) is 0 Å². The van der Waals surface area contributed by atoms with Crippen LogP contribution in [0.5, 0.6) is 0 Å². The number of amides is 2. The molecule has 9 heteroatoms. The van der Waals surface area contributed by atoms with Gasteiger partial charge in [-0.05, 0) is 23.3 Å². The van der Waals surface area contributed by atoms with Gasteiger partial charge in [0, 0.05) is 43.6 Å². The van der Waals surface area contributed by atoms with Crippen LogP contribution in [0.15, 0.2) is 48.5 Å². The summed E-state index contributed by atoms with van der Waals surface area (Å²) in [7, 11) is 0. The molecule has 0 saturated carbocycles. The fraction of sp³-hybridized carbons (Fsp3) is 0.250. The van der Waals surface area contributed by atoms with Gasteiger partial charge in [-0.25, -0.2) is 4.79 Å². The van der Waals surface area contributed by atoms with Gasteiger partial charge in [-0.1, -0.05) is 24.3 Å². The molecular weight excluding hydrogens is 378 g/mol. The monoisotopic (exact) mass is 397 g/mol. The maximum absolute atomic E-state index is 12.6. The van der Waals surface area contributed by atoms with E-state index in [0.29, 0.717) is 0 Å². The molecule has 2 aromatic carbocycles. The average Bonchev–Trinajstić information content (AvgIpc) is 2.72. The molecule has 2 aromatic rings. The molecule has 0 aliphatic carbocycles. The van der Waals surface area contributed by atoms with Crippen molar-refractivity contribution in [1.82, 2.24) is 10.2 Å². The van der Waals surface area contributed by atoms with Crippen LogP contribution in [-0.4, -0.2) is 45.3 Å². The van der Waals surface area contributed by atoms with Crippen LogP contribution in [0.25, 0.3) is 0 Å². The number of rotatable bonds is 6. The van der Waals surface area contributed by atoms with Crippen LogP contribution in [0.2, 0.25) is 0 Å². The first-order valence-electron chi connectivity index (χ1n) is 8.98. The summed E-state index contributed by atoms with van der Waals surface area (Å²) in [5, 5.41) is 22.7. The molecule has 1 aliphatic heterocycles. The highest BCUT2D eigenvalue weighted by Gasteiger charge is 2.34. The van der Waals surface area contributed by atoms with Crippen molar-refractivity contribution >= 4 is 23.5 Å². The number of carbonyl (C=O) groups is 3. The SMILES string of the molecule is O=C(NCCC(=O)N1Cc2ccccc2CC1C(=O)O)c1ccc([N+](=O)[O-])cc1. The van der Waals surface area contributed by atoms with Crippen LogP contribution in [0.4, 0.5) is 5.69 Å². The summed E-state index contributed by atoms with van der Waals surface area (Å²) >= 11 is 0. The van der Waals surface area contributed by atoms with Crippen LogP contribution < -0.4 is 5.32 Å². The van der Waals surface area contributed by atoms with Gasteiger partial charge >= 0.3 is 5.97 Å². The largest absolute Gasteiger partial charge is 0.480 e. The minimum atomic E-state index is -1.07. The van der Waals surface area contributed by atoms with E-state index in [-0.39, 0.29) is 43.1 Å². The Morgan fingerprint density at radius 3 is 2.38 bits per heavy atom. The zero-order valence-electron chi connectivity index (χ0n) is 15.4. The van der Waals surface area contributed by atoms with Gasteiger partial charge in [0.15, 0.2) is 0 Å². The lowest BCUT2D eigenvalue weighted by Crippen LogP contribution is -2.49. The van der Waals surface area contributed by atoms with Gasteiger partial charge in [0.25, 0.3) is 11.6 Å². The Bertz CT molecular complexity index is 957. The molecule has 1 unspecified atom stereocenters. The van der Waals surface area contributed by atoms with Crippen molar-refractivity contribution in [3.63, 3.8) is 0 Å². The predicted molar refractivity (Wildman–Crippen MR) is 102 cm³/mol. The summed E-state index contributed by atoms with van der Waals surface area (Å²) in [5.74, 6) is -1.90. The number of nitro groups is 1. The number of nitrogens with zero attached hydrogens (tertiary/aromatic N) is 2. The van der Waals surface area contributed by atoms with Crippen molar-refractivity contribution in [2.45, 2.75) is 25.4 Å². The number of nitro benzene ring substituents is 1. The predicted octanol–water partition coefficient (Wildman–Crippen LogP) is 1.75. The molecule has 1 aliphatic rings. The van der Waals surface area contributed by atoms with E-state index in [1.807, 2.05) is 24.3 Å². The highest BCUT2D eigenvalue weighted by Crippen LogP contribution is 2.24. The minimum Gasteiger partial charge on any atom is -0.480 e. The van der Waals surface area contributed by atoms with E-state index in [9.17, 15) is 29.6 Å². The third-order valence-electron chi connectivity index (χ3n) is 4.82. The van der Waals surface area contributed by atoms with E-state index in [1.54, 1.807) is 0 Å². The molecule has 0 radical (unpaired) electrons. The first kappa shape index (κ1) is 20.0. The number of hydrogen-bond donors (Lipinski definition) is 2. The average molecular weight is 397 g/mol. The molecule has 2 N–H and O–H groups in total. The van der Waals surface area contributed by atoms with E-state index >= 15 is 0 Å². The zero-order valence-corrected chi connectivity index (χ0v) is 15.4. The van der Waals surface area contributed by atoms with Gasteiger partial charge in [-0.15, -0.1) is 0 Å². The second-order valence-corrected chi connectivity index (χ2v) is 6.66. The Morgan fingerprint density at radius 1 is 1.10 bits per heavy atom. The first-order valence-corrected chi connectivity index (χ1v) is 8.98. The third-order valence-corrected chi connectivity index (χ3v) is 4.82. The second kappa shape index (κ2) is 8.51. The number of carboxylic acids is 1. The number of fused-ring (bicyclic) bond motifs is 1. The van der Waals surface area contributed by atoms with Crippen LogP contribution in [0.3, 0.4) is 0 Å². The van der Waals surface area contributed by atoms with Crippen LogP contribution in [0, 0.1) is 10.1 Å². The van der Waals surface area contributed by atoms with Crippen LogP contribution in [0.1, 0.15) is 27.9 Å². The van der Waals surface area contributed by atoms with E-state index in [0.717, 1.165) is 11.1 Å². The van der Waals surface area contributed by atoms with Gasteiger partial charge in [0.05, 0.1) is 4.92 Å². The van der Waals surface area contributed by atoms with Crippen molar-refractivity contribution < 1.29 is 24.4 Å². The Morgan fingerprint density at radius 2 is 1.76 bits per heavy atom. The highest BCUT2D eigenvalue weighted by atomic mass is 16.6. The maximum Gasteiger partial charge on any atom is 0.326 e. The minimum absolute atomic E-state index is 0.0269. The van der Waals surface area contributed by atoms with Gasteiger partial charge in [0.2, 0.25) is 5.91 Å². The van der Waals surface area contributed by atoms with E-state index < -0.39 is 22.8 Å². The highest BCUT2D eigenvalue weighted by molar-refractivity contribution is 5.94. The lowest BCUT2D eigenvalue weighted by molar-refractivity contribution is -0.384. The lowest BCUT2D eigenvalue weighted by atomic mass is 9.93. The van der Waals surface area contributed by atoms with E-state index in [1.165, 1.54) is 29.2 Å². The number of aliphatic carboxylic acids is 1. The van der Waals surface area contributed by atoms with Crippen molar-refractivity contribution in [3.05, 3.63) is 75.3 Å². The molecule has 9 nitrogen and oxygen atoms in total. The summed E-state index contributed by atoms with van der Waals surface area (Å²) in [5.41, 5.74) is 1.93. The Kier molecular flexibility index (Phi) is 5.87. The molecule has 0 spiro atoms. The van der Waals surface area contributed by atoms with Crippen molar-refractivity contribution in [2.24, 2.45) is 0 Å². The van der Waals surface area contributed by atoms with Crippen molar-refractivity contribution in [1.29, 1.82) is 0 Å². The summed E-state index contributed by atoms with van der Waals surface area (Å²) in [6.07, 6.45) is 0.192. The molecule has 3 rings (SSSR count). The van der Waals surface area contributed by atoms with Crippen LogP contribution in [-0.2, 0) is 22.6 Å². The van der Waals surface area contributed by atoms with Gasteiger partial charge in [-0.3, -0.25) is 19.7 Å². The molecule has 1 heterocycles. The summed E-state index contributed by atoms with van der Waals surface area (Å²) < 4.78 is 0. The molecule has 150 valence electrons. The Hall–Kier alpha value is -3.75. The number of hydrogen-bond acceptors (Lipinski definition) is 5. The van der Waals surface area contributed by atoms with Crippen LogP contribution >= 0.6 is 0 Å². The summed E-state index contributed by atoms with van der Waals surface area (Å²) in [6.45, 7) is 0.238. The Labute approximate surface area is 166 Å². The number of carbonyl (C=O) groups excluding carboxylic acids is 2. The van der Waals surface area contributed by atoms with E-state index in [4.69, 9.17) is 0 Å². The molecule has 0 fully saturated rings. The second-order valence-electron chi connectivity index (χ2n) is 6.66. The topological polar surface area (TPSA) is 130 Å². The smallest absolute Gasteiger partial charge is 0.326 e. The number of non-ortho nitro benzene ring substituents is 1. The maximum atomic E-state index is 12.6. The third kappa shape index (κ3) is 4.57. The molecule has 0 aromatic heterocycles. The molecule has 2 amide bonds. The fourth-order valence-corrected chi connectivity index (χ4v) is 3.27. The number of benzene rings is 2. The fourth-order valence-electron chi connectivity index (χ4n) is 3.27.